The number of carbonyl (C=O) groups is 2. The van der Waals surface area contributed by atoms with Crippen LogP contribution in [0.25, 0.3) is 10.9 Å². The third kappa shape index (κ3) is 5.30. The lowest BCUT2D eigenvalue weighted by atomic mass is 10.1. The van der Waals surface area contributed by atoms with E-state index in [4.69, 9.17) is 9.47 Å². The van der Waals surface area contributed by atoms with E-state index in [-0.39, 0.29) is 24.4 Å². The second-order valence-corrected chi connectivity index (χ2v) is 8.49. The lowest BCUT2D eigenvalue weighted by molar-refractivity contribution is -0.140. The molecule has 0 atom stereocenters. The van der Waals surface area contributed by atoms with Gasteiger partial charge in [0, 0.05) is 43.2 Å². The fraction of sp³-hybridized carbons (Fsp3) is 0.385. The zero-order valence-electron chi connectivity index (χ0n) is 19.5. The van der Waals surface area contributed by atoms with E-state index in [0.29, 0.717) is 31.0 Å². The lowest BCUT2D eigenvalue weighted by Gasteiger charge is -2.27. The molecule has 0 aliphatic heterocycles. The molecule has 174 valence electrons. The van der Waals surface area contributed by atoms with Crippen LogP contribution < -0.4 is 9.47 Å². The fourth-order valence-electron chi connectivity index (χ4n) is 4.21. The maximum absolute atomic E-state index is 13.4. The van der Waals surface area contributed by atoms with Crippen LogP contribution in [0.2, 0.25) is 0 Å². The molecule has 7 nitrogen and oxygen atoms in total. The number of fused-ring (bicyclic) bond motifs is 1. The van der Waals surface area contributed by atoms with Crippen LogP contribution in [-0.4, -0.2) is 59.9 Å². The summed E-state index contributed by atoms with van der Waals surface area (Å²) in [7, 11) is 3.20. The summed E-state index contributed by atoms with van der Waals surface area (Å²) in [4.78, 5) is 32.3. The first-order chi connectivity index (χ1) is 16.0. The molecule has 0 spiro atoms. The van der Waals surface area contributed by atoms with Gasteiger partial charge in [-0.15, -0.1) is 0 Å². The Morgan fingerprint density at radius 1 is 1.06 bits per heavy atom. The van der Waals surface area contributed by atoms with Gasteiger partial charge in [0.25, 0.3) is 0 Å². The van der Waals surface area contributed by atoms with Gasteiger partial charge in [0.2, 0.25) is 11.8 Å². The number of nitrogens with zero attached hydrogens (tertiary/aromatic N) is 2. The molecule has 0 bridgehead atoms. The maximum Gasteiger partial charge on any atom is 0.242 e. The van der Waals surface area contributed by atoms with Gasteiger partial charge in [-0.05, 0) is 48.6 Å². The van der Waals surface area contributed by atoms with Gasteiger partial charge in [0.15, 0.2) is 11.5 Å². The average Bonchev–Trinajstić information content (AvgIpc) is 3.59. The van der Waals surface area contributed by atoms with E-state index in [1.165, 1.54) is 17.9 Å². The number of aromatic nitrogens is 1. The van der Waals surface area contributed by atoms with Crippen molar-refractivity contribution in [2.24, 2.45) is 0 Å². The van der Waals surface area contributed by atoms with Crippen molar-refractivity contribution >= 4 is 22.7 Å². The molecule has 33 heavy (non-hydrogen) atoms. The van der Waals surface area contributed by atoms with E-state index in [2.05, 4.69) is 11.1 Å². The van der Waals surface area contributed by atoms with E-state index in [1.54, 1.807) is 19.1 Å². The summed E-state index contributed by atoms with van der Waals surface area (Å²) >= 11 is 0. The van der Waals surface area contributed by atoms with Gasteiger partial charge in [-0.25, -0.2) is 0 Å². The van der Waals surface area contributed by atoms with Crippen LogP contribution in [0, 0.1) is 0 Å². The van der Waals surface area contributed by atoms with Crippen molar-refractivity contribution < 1.29 is 19.1 Å². The van der Waals surface area contributed by atoms with Crippen LogP contribution in [0.5, 0.6) is 11.5 Å². The number of ether oxygens (including phenoxy) is 2. The zero-order chi connectivity index (χ0) is 23.4. The van der Waals surface area contributed by atoms with Crippen LogP contribution in [0.1, 0.15) is 30.9 Å². The highest BCUT2D eigenvalue weighted by molar-refractivity contribution is 5.85. The number of carbonyl (C=O) groups excluding carboxylic acids is 2. The first-order valence-corrected chi connectivity index (χ1v) is 11.3. The van der Waals surface area contributed by atoms with Crippen molar-refractivity contribution in [3.63, 3.8) is 0 Å². The second-order valence-electron chi connectivity index (χ2n) is 8.49. The normalized spacial score (nSPS) is 13.1. The molecule has 1 aliphatic carbocycles. The second kappa shape index (κ2) is 9.98. The van der Waals surface area contributed by atoms with Gasteiger partial charge in [-0.1, -0.05) is 24.3 Å². The van der Waals surface area contributed by atoms with E-state index < -0.39 is 0 Å². The van der Waals surface area contributed by atoms with Gasteiger partial charge in [-0.2, -0.15) is 0 Å². The standard InChI is InChI=1S/C26H31N3O4/c1-18(30)29(21-9-10-21)17-26(31)28(16-19-8-11-24(32-2)25(14-19)33-3)13-12-20-15-27-23-7-5-4-6-22(20)23/h4-8,11,14-15,21,27H,9-10,12-13,16-17H2,1-3H3. The van der Waals surface area contributed by atoms with E-state index in [9.17, 15) is 9.59 Å². The number of para-hydroxylation sites is 1. The number of hydrogen-bond donors (Lipinski definition) is 1. The highest BCUT2D eigenvalue weighted by Crippen LogP contribution is 2.29. The van der Waals surface area contributed by atoms with Crippen LogP contribution >= 0.6 is 0 Å². The summed E-state index contributed by atoms with van der Waals surface area (Å²) in [5, 5.41) is 1.17. The van der Waals surface area contributed by atoms with Crippen molar-refractivity contribution in [3.8, 4) is 11.5 Å². The van der Waals surface area contributed by atoms with Crippen LogP contribution in [0.4, 0.5) is 0 Å². The molecule has 7 heteroatoms. The van der Waals surface area contributed by atoms with E-state index in [0.717, 1.165) is 23.9 Å². The highest BCUT2D eigenvalue weighted by atomic mass is 16.5. The van der Waals surface area contributed by atoms with E-state index in [1.807, 2.05) is 47.5 Å². The van der Waals surface area contributed by atoms with Crippen LogP contribution in [0.3, 0.4) is 0 Å². The summed E-state index contributed by atoms with van der Waals surface area (Å²) in [6.45, 7) is 2.63. The van der Waals surface area contributed by atoms with Crippen molar-refractivity contribution in [1.29, 1.82) is 0 Å². The van der Waals surface area contributed by atoms with Crippen molar-refractivity contribution in [3.05, 3.63) is 59.8 Å². The molecule has 0 unspecified atom stereocenters. The number of benzene rings is 2. The Kier molecular flexibility index (Phi) is 6.87. The molecule has 4 rings (SSSR count). The molecule has 1 aliphatic rings. The summed E-state index contributed by atoms with van der Waals surface area (Å²) in [5.74, 6) is 1.18. The van der Waals surface area contributed by atoms with Crippen molar-refractivity contribution in [2.45, 2.75) is 38.8 Å². The molecule has 0 saturated heterocycles. The quantitative estimate of drug-likeness (QED) is 0.511. The molecule has 1 fully saturated rings. The smallest absolute Gasteiger partial charge is 0.242 e. The lowest BCUT2D eigenvalue weighted by Crippen LogP contribution is -2.43. The number of aromatic amines is 1. The molecule has 1 saturated carbocycles. The Labute approximate surface area is 194 Å². The number of methoxy groups -OCH3 is 2. The Morgan fingerprint density at radius 3 is 2.52 bits per heavy atom. The Balaban J connectivity index is 1.54. The van der Waals surface area contributed by atoms with Gasteiger partial charge in [-0.3, -0.25) is 9.59 Å². The Bertz CT molecular complexity index is 1140. The maximum atomic E-state index is 13.4. The predicted octanol–water partition coefficient (Wildman–Crippen LogP) is 3.77. The molecule has 2 amide bonds. The summed E-state index contributed by atoms with van der Waals surface area (Å²) in [6, 6.07) is 14.0. The summed E-state index contributed by atoms with van der Waals surface area (Å²) < 4.78 is 10.8. The predicted molar refractivity (Wildman–Crippen MR) is 127 cm³/mol. The first-order valence-electron chi connectivity index (χ1n) is 11.3. The first kappa shape index (κ1) is 22.7. The number of H-pyrrole nitrogens is 1. The number of nitrogens with one attached hydrogen (secondary N) is 1. The third-order valence-corrected chi connectivity index (χ3v) is 6.20. The van der Waals surface area contributed by atoms with Crippen LogP contribution in [-0.2, 0) is 22.6 Å². The zero-order valence-corrected chi connectivity index (χ0v) is 19.5. The Hall–Kier alpha value is -3.48. The van der Waals surface area contributed by atoms with Gasteiger partial charge in [0.05, 0.1) is 14.2 Å². The molecule has 0 radical (unpaired) electrons. The monoisotopic (exact) mass is 449 g/mol. The largest absolute Gasteiger partial charge is 0.493 e. The van der Waals surface area contributed by atoms with Crippen molar-refractivity contribution in [2.75, 3.05) is 27.3 Å². The number of amides is 2. The van der Waals surface area contributed by atoms with Gasteiger partial charge in [0.1, 0.15) is 6.54 Å². The third-order valence-electron chi connectivity index (χ3n) is 6.20. The number of rotatable bonds is 10. The topological polar surface area (TPSA) is 74.9 Å². The average molecular weight is 450 g/mol. The minimum absolute atomic E-state index is 0.0476. The molecule has 1 N–H and O–H groups in total. The molecule has 2 aromatic carbocycles. The fourth-order valence-corrected chi connectivity index (χ4v) is 4.21. The Morgan fingerprint density at radius 2 is 1.82 bits per heavy atom. The highest BCUT2D eigenvalue weighted by Gasteiger charge is 2.33. The van der Waals surface area contributed by atoms with E-state index >= 15 is 0 Å². The minimum atomic E-state index is -0.0493. The molecular weight excluding hydrogens is 418 g/mol. The van der Waals surface area contributed by atoms with Gasteiger partial charge < -0.3 is 24.3 Å². The summed E-state index contributed by atoms with van der Waals surface area (Å²) in [5.41, 5.74) is 3.20. The van der Waals surface area contributed by atoms with Crippen molar-refractivity contribution in [1.82, 2.24) is 14.8 Å². The summed E-state index contributed by atoms with van der Waals surface area (Å²) in [6.07, 6.45) is 4.66. The molecular formula is C26H31N3O4. The molecule has 3 aromatic rings. The number of hydrogen-bond acceptors (Lipinski definition) is 4. The van der Waals surface area contributed by atoms with Crippen LogP contribution in [0.15, 0.2) is 48.7 Å². The van der Waals surface area contributed by atoms with Gasteiger partial charge >= 0.3 is 0 Å². The SMILES string of the molecule is COc1ccc(CN(CCc2c[nH]c3ccccc23)C(=O)CN(C(C)=O)C2CC2)cc1OC. The molecule has 1 aromatic heterocycles. The minimum Gasteiger partial charge on any atom is -0.493 e. The molecule has 1 heterocycles.